The minimum absolute atomic E-state index is 0.0207. The minimum atomic E-state index is -0.160. The average Bonchev–Trinajstić information content (AvgIpc) is 3.75. The summed E-state index contributed by atoms with van der Waals surface area (Å²) in [5, 5.41) is 11.7. The molecule has 274 valence electrons. The van der Waals surface area contributed by atoms with Gasteiger partial charge in [-0.15, -0.1) is 0 Å². The highest BCUT2D eigenvalue weighted by Crippen LogP contribution is 2.54. The SMILES string of the molecule is CC1CC=Cc2c1c1ccccc1n2C1CC(C2=C(C3CC=CCC3C3CCC=CC3C#N)C=CCC2)=CC(C)(N2C3=C(C=CCC3)C3C=CC=CC32)C1. The number of benzene rings is 1. The second-order valence-corrected chi connectivity index (χ2v) is 17.7. The number of nitriles is 1. The van der Waals surface area contributed by atoms with Crippen molar-refractivity contribution in [1.82, 2.24) is 9.47 Å². The van der Waals surface area contributed by atoms with Gasteiger partial charge >= 0.3 is 0 Å². The summed E-state index contributed by atoms with van der Waals surface area (Å²) in [4.78, 5) is 2.90. The Kier molecular flexibility index (Phi) is 8.58. The summed E-state index contributed by atoms with van der Waals surface area (Å²) in [6, 6.07) is 12.7. The van der Waals surface area contributed by atoms with Gasteiger partial charge < -0.3 is 9.47 Å². The van der Waals surface area contributed by atoms with Gasteiger partial charge in [0.05, 0.1) is 23.6 Å². The molecular formula is C51H55N3. The molecule has 0 saturated heterocycles. The Balaban J connectivity index is 1.15. The summed E-state index contributed by atoms with van der Waals surface area (Å²) < 4.78 is 2.79. The van der Waals surface area contributed by atoms with Gasteiger partial charge in [-0.05, 0) is 141 Å². The third kappa shape index (κ3) is 5.42. The molecule has 0 radical (unpaired) electrons. The van der Waals surface area contributed by atoms with Gasteiger partial charge in [0.1, 0.15) is 0 Å². The highest BCUT2D eigenvalue weighted by molar-refractivity contribution is 5.89. The van der Waals surface area contributed by atoms with Crippen molar-refractivity contribution in [3.05, 3.63) is 149 Å². The molecule has 9 atom stereocenters. The molecule has 3 heteroatoms. The second kappa shape index (κ2) is 13.6. The van der Waals surface area contributed by atoms with E-state index in [-0.39, 0.29) is 11.5 Å². The number of aromatic nitrogens is 1. The lowest BCUT2D eigenvalue weighted by molar-refractivity contribution is 0.124. The fourth-order valence-corrected chi connectivity index (χ4v) is 12.5. The molecule has 0 amide bonds. The lowest BCUT2D eigenvalue weighted by Crippen LogP contribution is -2.51. The quantitative estimate of drug-likeness (QED) is 0.290. The van der Waals surface area contributed by atoms with Gasteiger partial charge in [-0.2, -0.15) is 5.26 Å². The zero-order chi connectivity index (χ0) is 36.4. The Morgan fingerprint density at radius 3 is 2.56 bits per heavy atom. The van der Waals surface area contributed by atoms with Crippen LogP contribution >= 0.6 is 0 Å². The largest absolute Gasteiger partial charge is 0.358 e. The molecule has 8 aliphatic rings. The van der Waals surface area contributed by atoms with Gasteiger partial charge in [-0.25, -0.2) is 0 Å². The Bertz CT molecular complexity index is 2210. The number of hydrogen-bond donors (Lipinski definition) is 0. The van der Waals surface area contributed by atoms with E-state index in [0.717, 1.165) is 70.6 Å². The van der Waals surface area contributed by atoms with Crippen LogP contribution in [0.25, 0.3) is 17.0 Å². The van der Waals surface area contributed by atoms with E-state index >= 15 is 0 Å². The van der Waals surface area contributed by atoms with E-state index in [9.17, 15) is 5.26 Å². The maximum absolute atomic E-state index is 10.3. The van der Waals surface area contributed by atoms with E-state index < -0.39 is 0 Å². The lowest BCUT2D eigenvalue weighted by Gasteiger charge is -2.50. The minimum Gasteiger partial charge on any atom is -0.358 e. The first-order valence-corrected chi connectivity index (χ1v) is 21.2. The normalized spacial score (nSPS) is 35.4. The van der Waals surface area contributed by atoms with E-state index in [1.807, 2.05) is 0 Å². The molecule has 7 aliphatic carbocycles. The second-order valence-electron chi connectivity index (χ2n) is 17.7. The summed E-state index contributed by atoms with van der Waals surface area (Å²) in [5.74, 6) is 2.32. The zero-order valence-electron chi connectivity index (χ0n) is 32.2. The van der Waals surface area contributed by atoms with Crippen molar-refractivity contribution in [2.24, 2.45) is 29.6 Å². The summed E-state index contributed by atoms with van der Waals surface area (Å²) in [6.07, 6.45) is 48.4. The molecule has 0 saturated carbocycles. The fraction of sp³-hybridized carbons (Fsp3) is 0.431. The Morgan fingerprint density at radius 2 is 1.65 bits per heavy atom. The van der Waals surface area contributed by atoms with Gasteiger partial charge in [-0.3, -0.25) is 0 Å². The molecule has 9 unspecified atom stereocenters. The first-order valence-electron chi connectivity index (χ1n) is 21.2. The first-order chi connectivity index (χ1) is 26.5. The number of para-hydroxylation sites is 1. The van der Waals surface area contributed by atoms with E-state index in [4.69, 9.17) is 0 Å². The molecule has 2 aromatic rings. The zero-order valence-corrected chi connectivity index (χ0v) is 32.2. The molecule has 2 heterocycles. The smallest absolute Gasteiger partial charge is 0.0700 e. The highest BCUT2D eigenvalue weighted by atomic mass is 15.3. The molecule has 3 nitrogen and oxygen atoms in total. The van der Waals surface area contributed by atoms with Gasteiger partial charge in [0, 0.05) is 34.3 Å². The number of rotatable bonds is 5. The van der Waals surface area contributed by atoms with Gasteiger partial charge in [0.15, 0.2) is 0 Å². The topological polar surface area (TPSA) is 32.0 Å². The van der Waals surface area contributed by atoms with E-state index in [1.165, 1.54) is 22.2 Å². The van der Waals surface area contributed by atoms with E-state index in [2.05, 4.69) is 145 Å². The van der Waals surface area contributed by atoms with Crippen molar-refractivity contribution in [2.45, 2.75) is 108 Å². The Morgan fingerprint density at radius 1 is 0.815 bits per heavy atom. The van der Waals surface area contributed by atoms with Crippen LogP contribution < -0.4 is 0 Å². The van der Waals surface area contributed by atoms with Crippen molar-refractivity contribution in [3.8, 4) is 6.07 Å². The highest BCUT2D eigenvalue weighted by Gasteiger charge is 2.49. The van der Waals surface area contributed by atoms with Gasteiger partial charge in [0.25, 0.3) is 0 Å². The van der Waals surface area contributed by atoms with Crippen LogP contribution in [-0.2, 0) is 0 Å². The molecule has 1 aliphatic heterocycles. The molecule has 54 heavy (non-hydrogen) atoms. The number of hydrogen-bond acceptors (Lipinski definition) is 2. The Labute approximate surface area is 322 Å². The molecule has 0 bridgehead atoms. The summed E-state index contributed by atoms with van der Waals surface area (Å²) in [5.41, 5.74) is 12.1. The Hall–Kier alpha value is -4.55. The maximum Gasteiger partial charge on any atom is 0.0700 e. The molecule has 10 rings (SSSR count). The number of nitrogens with zero attached hydrogens (tertiary/aromatic N) is 3. The van der Waals surface area contributed by atoms with Crippen molar-refractivity contribution in [2.75, 3.05) is 0 Å². The fourth-order valence-electron chi connectivity index (χ4n) is 12.5. The van der Waals surface area contributed by atoms with Crippen molar-refractivity contribution in [3.63, 3.8) is 0 Å². The average molecular weight is 710 g/mol. The van der Waals surface area contributed by atoms with Crippen LogP contribution in [0.3, 0.4) is 0 Å². The third-order valence-corrected chi connectivity index (χ3v) is 14.6. The molecule has 0 N–H and O–H groups in total. The molecule has 0 fully saturated rings. The van der Waals surface area contributed by atoms with Gasteiger partial charge in [0.2, 0.25) is 0 Å². The third-order valence-electron chi connectivity index (χ3n) is 14.6. The van der Waals surface area contributed by atoms with Crippen LogP contribution in [0.15, 0.2) is 137 Å². The predicted octanol–water partition coefficient (Wildman–Crippen LogP) is 12.5. The molecule has 0 spiro atoms. The molecular weight excluding hydrogens is 655 g/mol. The summed E-state index contributed by atoms with van der Waals surface area (Å²) in [7, 11) is 0. The first kappa shape index (κ1) is 34.0. The van der Waals surface area contributed by atoms with Crippen LogP contribution in [0.2, 0.25) is 0 Å². The number of allylic oxidation sites excluding steroid dienone is 15. The van der Waals surface area contributed by atoms with Crippen molar-refractivity contribution in [1.29, 1.82) is 5.26 Å². The summed E-state index contributed by atoms with van der Waals surface area (Å²) >= 11 is 0. The van der Waals surface area contributed by atoms with Crippen LogP contribution in [0.5, 0.6) is 0 Å². The van der Waals surface area contributed by atoms with E-state index in [1.54, 1.807) is 28.0 Å². The van der Waals surface area contributed by atoms with Crippen LogP contribution in [0.1, 0.15) is 108 Å². The summed E-state index contributed by atoms with van der Waals surface area (Å²) in [6.45, 7) is 5.01. The van der Waals surface area contributed by atoms with Crippen LogP contribution in [-0.4, -0.2) is 21.0 Å². The van der Waals surface area contributed by atoms with Crippen molar-refractivity contribution < 1.29 is 0 Å². The lowest BCUT2D eigenvalue weighted by atomic mass is 9.63. The monoisotopic (exact) mass is 709 g/mol. The number of fused-ring (bicyclic) bond motifs is 5. The van der Waals surface area contributed by atoms with Crippen molar-refractivity contribution >= 4 is 17.0 Å². The molecule has 1 aromatic heterocycles. The predicted molar refractivity (Wildman–Crippen MR) is 223 cm³/mol. The van der Waals surface area contributed by atoms with Gasteiger partial charge in [-0.1, -0.05) is 110 Å². The maximum atomic E-state index is 10.3. The van der Waals surface area contributed by atoms with E-state index in [0.29, 0.717) is 41.7 Å². The molecule has 1 aromatic carbocycles. The van der Waals surface area contributed by atoms with Crippen LogP contribution in [0, 0.1) is 40.9 Å². The van der Waals surface area contributed by atoms with Crippen LogP contribution in [0.4, 0.5) is 0 Å². The standard InChI is InChI=1S/C51H55N3/c1-34-16-15-29-49-50(34)45-25-11-12-26-46(45)53(49)37-30-36(31-51(2,32-37)54-47-27-13-9-23-43(47)44-24-10-14-28-48(44)54)39-19-5-6-21-41(39)42-22-8-7-20-40(42)38-18-4-3-17-35(38)33-52/h3,6-13,15,17,21,23-27,29,31,34-35,37-38,40,42-43,47H,4-5,14,16,18-20,22,28,30,32H2,1-2H3.